The molecule has 1 aromatic rings. The van der Waals surface area contributed by atoms with Gasteiger partial charge in [0, 0.05) is 17.8 Å². The summed E-state index contributed by atoms with van der Waals surface area (Å²) in [5.41, 5.74) is 0. The standard InChI is InChI=1S/C10H12BrNS/c1-2-3-4-7-12-8-9-5-6-10(11)13-9/h1,5-6,12H,3-4,7-8H2. The summed E-state index contributed by atoms with van der Waals surface area (Å²) in [5.74, 6) is 2.63. The Hall–Kier alpha value is -0.300. The second-order valence-electron chi connectivity index (χ2n) is 2.69. The highest BCUT2D eigenvalue weighted by atomic mass is 79.9. The van der Waals surface area contributed by atoms with Crippen molar-refractivity contribution in [2.45, 2.75) is 19.4 Å². The molecule has 1 aromatic heterocycles. The molecular weight excluding hydrogens is 246 g/mol. The zero-order valence-electron chi connectivity index (χ0n) is 7.35. The summed E-state index contributed by atoms with van der Waals surface area (Å²) >= 11 is 5.20. The van der Waals surface area contributed by atoms with Gasteiger partial charge in [0.25, 0.3) is 0 Å². The number of hydrogen-bond acceptors (Lipinski definition) is 2. The number of terminal acetylenes is 1. The van der Waals surface area contributed by atoms with Gasteiger partial charge >= 0.3 is 0 Å². The predicted octanol–water partition coefficient (Wildman–Crippen LogP) is 3.01. The second kappa shape index (κ2) is 6.20. The Morgan fingerprint density at radius 2 is 2.38 bits per heavy atom. The maximum absolute atomic E-state index is 5.14. The number of hydrogen-bond donors (Lipinski definition) is 1. The maximum Gasteiger partial charge on any atom is 0.0701 e. The van der Waals surface area contributed by atoms with Crippen LogP contribution in [0.3, 0.4) is 0 Å². The fraction of sp³-hybridized carbons (Fsp3) is 0.400. The lowest BCUT2D eigenvalue weighted by Gasteiger charge is -1.99. The molecule has 0 atom stereocenters. The van der Waals surface area contributed by atoms with Crippen LogP contribution in [0.5, 0.6) is 0 Å². The minimum absolute atomic E-state index is 0.862. The van der Waals surface area contributed by atoms with E-state index in [9.17, 15) is 0 Å². The van der Waals surface area contributed by atoms with Crippen molar-refractivity contribution in [3.05, 3.63) is 20.8 Å². The lowest BCUT2D eigenvalue weighted by molar-refractivity contribution is 0.664. The molecule has 13 heavy (non-hydrogen) atoms. The molecule has 0 saturated carbocycles. The Bertz CT molecular complexity index is 287. The van der Waals surface area contributed by atoms with Gasteiger partial charge in [0.15, 0.2) is 0 Å². The van der Waals surface area contributed by atoms with E-state index < -0.39 is 0 Å². The van der Waals surface area contributed by atoms with Crippen molar-refractivity contribution < 1.29 is 0 Å². The quantitative estimate of drug-likeness (QED) is 0.632. The van der Waals surface area contributed by atoms with Crippen LogP contribution in [0.1, 0.15) is 17.7 Å². The molecule has 0 amide bonds. The van der Waals surface area contributed by atoms with Gasteiger partial charge in [-0.1, -0.05) is 0 Å². The molecule has 1 nitrogen and oxygen atoms in total. The summed E-state index contributed by atoms with van der Waals surface area (Å²) in [6.45, 7) is 1.94. The third-order valence-corrected chi connectivity index (χ3v) is 3.23. The van der Waals surface area contributed by atoms with Crippen LogP contribution in [-0.4, -0.2) is 6.54 Å². The molecule has 0 aliphatic carbocycles. The lowest BCUT2D eigenvalue weighted by Crippen LogP contribution is -2.13. The van der Waals surface area contributed by atoms with E-state index in [0.717, 1.165) is 25.9 Å². The van der Waals surface area contributed by atoms with E-state index in [1.54, 1.807) is 11.3 Å². The number of halogens is 1. The fourth-order valence-corrected chi connectivity index (χ4v) is 2.43. The molecule has 0 aromatic carbocycles. The molecule has 3 heteroatoms. The molecule has 0 spiro atoms. The third kappa shape index (κ3) is 4.47. The third-order valence-electron chi connectivity index (χ3n) is 1.60. The van der Waals surface area contributed by atoms with Crippen LogP contribution in [-0.2, 0) is 6.54 Å². The molecular formula is C10H12BrNS. The Labute approximate surface area is 91.7 Å². The number of unbranched alkanes of at least 4 members (excludes halogenated alkanes) is 1. The van der Waals surface area contributed by atoms with Gasteiger partial charge in [-0.15, -0.1) is 23.7 Å². The SMILES string of the molecule is C#CCCCNCc1ccc(Br)s1. The van der Waals surface area contributed by atoms with Crippen LogP contribution in [0.25, 0.3) is 0 Å². The highest BCUT2D eigenvalue weighted by molar-refractivity contribution is 9.11. The van der Waals surface area contributed by atoms with Crippen molar-refractivity contribution in [3.8, 4) is 12.3 Å². The van der Waals surface area contributed by atoms with Gasteiger partial charge in [-0.05, 0) is 41.0 Å². The van der Waals surface area contributed by atoms with Crippen LogP contribution < -0.4 is 5.32 Å². The highest BCUT2D eigenvalue weighted by Crippen LogP contribution is 2.21. The number of thiophene rings is 1. The molecule has 0 aliphatic heterocycles. The van der Waals surface area contributed by atoms with E-state index >= 15 is 0 Å². The average molecular weight is 258 g/mol. The topological polar surface area (TPSA) is 12.0 Å². The monoisotopic (exact) mass is 257 g/mol. The average Bonchev–Trinajstić information content (AvgIpc) is 2.51. The zero-order chi connectivity index (χ0) is 9.52. The van der Waals surface area contributed by atoms with Gasteiger partial charge in [0.2, 0.25) is 0 Å². The predicted molar refractivity (Wildman–Crippen MR) is 61.8 cm³/mol. The van der Waals surface area contributed by atoms with Crippen molar-refractivity contribution in [1.29, 1.82) is 0 Å². The molecule has 0 radical (unpaired) electrons. The largest absolute Gasteiger partial charge is 0.312 e. The molecule has 1 N–H and O–H groups in total. The Balaban J connectivity index is 2.10. The minimum atomic E-state index is 0.862. The highest BCUT2D eigenvalue weighted by Gasteiger charge is 1.95. The van der Waals surface area contributed by atoms with E-state index in [0.29, 0.717) is 0 Å². The first-order chi connectivity index (χ1) is 6.33. The van der Waals surface area contributed by atoms with Crippen LogP contribution in [0.15, 0.2) is 15.9 Å². The molecule has 1 rings (SSSR count). The molecule has 0 aliphatic rings. The van der Waals surface area contributed by atoms with Crippen molar-refractivity contribution in [2.75, 3.05) is 6.54 Å². The van der Waals surface area contributed by atoms with Crippen LogP contribution in [0, 0.1) is 12.3 Å². The summed E-state index contributed by atoms with van der Waals surface area (Å²) in [7, 11) is 0. The van der Waals surface area contributed by atoms with Crippen molar-refractivity contribution in [2.24, 2.45) is 0 Å². The van der Waals surface area contributed by atoms with Gasteiger partial charge in [0.1, 0.15) is 0 Å². The van der Waals surface area contributed by atoms with Crippen molar-refractivity contribution >= 4 is 27.3 Å². The number of rotatable bonds is 5. The van der Waals surface area contributed by atoms with Gasteiger partial charge in [-0.3, -0.25) is 0 Å². The smallest absolute Gasteiger partial charge is 0.0701 e. The van der Waals surface area contributed by atoms with Crippen LogP contribution in [0.4, 0.5) is 0 Å². The van der Waals surface area contributed by atoms with E-state index in [1.807, 2.05) is 0 Å². The number of nitrogens with one attached hydrogen (secondary N) is 1. The molecule has 0 bridgehead atoms. The van der Waals surface area contributed by atoms with Gasteiger partial charge in [-0.25, -0.2) is 0 Å². The fourth-order valence-electron chi connectivity index (χ4n) is 0.974. The first-order valence-corrected chi connectivity index (χ1v) is 5.82. The summed E-state index contributed by atoms with van der Waals surface area (Å²) in [5, 5.41) is 3.34. The summed E-state index contributed by atoms with van der Waals surface area (Å²) in [4.78, 5) is 1.35. The normalized spacial score (nSPS) is 9.85. The van der Waals surface area contributed by atoms with Crippen LogP contribution >= 0.6 is 27.3 Å². The first kappa shape index (κ1) is 10.8. The summed E-state index contributed by atoms with van der Waals surface area (Å²) in [6, 6.07) is 4.20. The Morgan fingerprint density at radius 3 is 3.00 bits per heavy atom. The summed E-state index contributed by atoms with van der Waals surface area (Å²) < 4.78 is 1.19. The summed E-state index contributed by atoms with van der Waals surface area (Å²) in [6.07, 6.45) is 7.06. The molecule has 0 fully saturated rings. The Morgan fingerprint density at radius 1 is 1.54 bits per heavy atom. The Kier molecular flexibility index (Phi) is 5.14. The first-order valence-electron chi connectivity index (χ1n) is 4.21. The molecule has 0 saturated heterocycles. The van der Waals surface area contributed by atoms with Gasteiger partial charge in [-0.2, -0.15) is 0 Å². The van der Waals surface area contributed by atoms with Gasteiger partial charge in [0.05, 0.1) is 3.79 Å². The maximum atomic E-state index is 5.14. The second-order valence-corrected chi connectivity index (χ2v) is 5.24. The lowest BCUT2D eigenvalue weighted by atomic mass is 10.3. The van der Waals surface area contributed by atoms with E-state index in [2.05, 4.69) is 39.3 Å². The van der Waals surface area contributed by atoms with Crippen molar-refractivity contribution in [1.82, 2.24) is 5.32 Å². The van der Waals surface area contributed by atoms with E-state index in [4.69, 9.17) is 6.42 Å². The zero-order valence-corrected chi connectivity index (χ0v) is 9.75. The molecule has 0 unspecified atom stereocenters. The van der Waals surface area contributed by atoms with E-state index in [1.165, 1.54) is 8.66 Å². The minimum Gasteiger partial charge on any atom is -0.312 e. The molecule has 1 heterocycles. The van der Waals surface area contributed by atoms with Crippen molar-refractivity contribution in [3.63, 3.8) is 0 Å². The van der Waals surface area contributed by atoms with E-state index in [-0.39, 0.29) is 0 Å². The van der Waals surface area contributed by atoms with Crippen LogP contribution in [0.2, 0.25) is 0 Å². The molecule has 70 valence electrons. The van der Waals surface area contributed by atoms with Gasteiger partial charge < -0.3 is 5.32 Å².